The Morgan fingerprint density at radius 3 is 2.86 bits per heavy atom. The fourth-order valence-corrected chi connectivity index (χ4v) is 2.91. The lowest BCUT2D eigenvalue weighted by Crippen LogP contribution is -2.02. The monoisotopic (exact) mass is 360 g/mol. The first-order chi connectivity index (χ1) is 10.2. The van der Waals surface area contributed by atoms with Crippen LogP contribution in [0.4, 0.5) is 5.69 Å². The van der Waals surface area contributed by atoms with Crippen molar-refractivity contribution in [3.8, 4) is 0 Å². The number of aromatic nitrogens is 1. The predicted octanol–water partition coefficient (Wildman–Crippen LogP) is 5.57. The fourth-order valence-electron chi connectivity index (χ4n) is 2.33. The van der Waals surface area contributed by atoms with E-state index < -0.39 is 0 Å². The summed E-state index contributed by atoms with van der Waals surface area (Å²) >= 11 is 9.78. The second kappa shape index (κ2) is 6.04. The zero-order valence-corrected chi connectivity index (χ0v) is 13.9. The van der Waals surface area contributed by atoms with Crippen molar-refractivity contribution in [1.29, 1.82) is 0 Å². The van der Waals surface area contributed by atoms with Gasteiger partial charge in [-0.3, -0.25) is 4.98 Å². The smallest absolute Gasteiger partial charge is 0.0766 e. The topological polar surface area (TPSA) is 24.9 Å². The molecular formula is C17H14BrClN2. The SMILES string of the molecule is Cc1c(Br)cccc1NCc1ccc(Cl)c2cccnc12. The average Bonchev–Trinajstić information content (AvgIpc) is 2.51. The van der Waals surface area contributed by atoms with Gasteiger partial charge < -0.3 is 5.32 Å². The van der Waals surface area contributed by atoms with E-state index in [9.17, 15) is 0 Å². The van der Waals surface area contributed by atoms with Crippen molar-refractivity contribution < 1.29 is 0 Å². The first-order valence-corrected chi connectivity index (χ1v) is 7.85. The van der Waals surface area contributed by atoms with Crippen LogP contribution in [0.2, 0.25) is 5.02 Å². The Morgan fingerprint density at radius 2 is 2.00 bits per heavy atom. The van der Waals surface area contributed by atoms with Gasteiger partial charge in [0, 0.05) is 33.3 Å². The number of halogens is 2. The highest BCUT2D eigenvalue weighted by atomic mass is 79.9. The maximum atomic E-state index is 6.23. The largest absolute Gasteiger partial charge is 0.381 e. The molecule has 0 spiro atoms. The Balaban J connectivity index is 1.92. The Kier molecular flexibility index (Phi) is 4.13. The number of nitrogens with zero attached hydrogens (tertiary/aromatic N) is 1. The summed E-state index contributed by atoms with van der Waals surface area (Å²) in [5.41, 5.74) is 4.40. The summed E-state index contributed by atoms with van der Waals surface area (Å²) in [6.07, 6.45) is 1.80. The maximum absolute atomic E-state index is 6.23. The van der Waals surface area contributed by atoms with E-state index in [1.165, 1.54) is 5.56 Å². The molecule has 1 N–H and O–H groups in total. The van der Waals surface area contributed by atoms with Gasteiger partial charge in [0.1, 0.15) is 0 Å². The summed E-state index contributed by atoms with van der Waals surface area (Å²) < 4.78 is 1.10. The summed E-state index contributed by atoms with van der Waals surface area (Å²) in [5.74, 6) is 0. The van der Waals surface area contributed by atoms with Crippen LogP contribution < -0.4 is 5.32 Å². The molecule has 4 heteroatoms. The number of hydrogen-bond acceptors (Lipinski definition) is 2. The van der Waals surface area contributed by atoms with E-state index in [2.05, 4.69) is 39.2 Å². The van der Waals surface area contributed by atoms with Gasteiger partial charge >= 0.3 is 0 Å². The molecule has 0 radical (unpaired) electrons. The molecule has 0 aliphatic carbocycles. The van der Waals surface area contributed by atoms with Crippen LogP contribution in [0.3, 0.4) is 0 Å². The van der Waals surface area contributed by atoms with Gasteiger partial charge in [-0.15, -0.1) is 0 Å². The van der Waals surface area contributed by atoms with Gasteiger partial charge in [0.2, 0.25) is 0 Å². The van der Waals surface area contributed by atoms with Gasteiger partial charge in [-0.05, 0) is 48.4 Å². The van der Waals surface area contributed by atoms with Crippen LogP contribution in [-0.2, 0) is 6.54 Å². The predicted molar refractivity (Wildman–Crippen MR) is 93.0 cm³/mol. The number of fused-ring (bicyclic) bond motifs is 1. The molecule has 0 bridgehead atoms. The van der Waals surface area contributed by atoms with Crippen molar-refractivity contribution in [2.75, 3.05) is 5.32 Å². The molecule has 0 atom stereocenters. The van der Waals surface area contributed by atoms with Gasteiger partial charge in [-0.1, -0.05) is 39.7 Å². The molecule has 0 aliphatic rings. The van der Waals surface area contributed by atoms with Gasteiger partial charge in [0.15, 0.2) is 0 Å². The molecule has 2 nitrogen and oxygen atoms in total. The second-order valence-corrected chi connectivity index (χ2v) is 6.13. The highest BCUT2D eigenvalue weighted by Crippen LogP contribution is 2.27. The van der Waals surface area contributed by atoms with Crippen LogP contribution in [0.15, 0.2) is 53.1 Å². The van der Waals surface area contributed by atoms with E-state index in [1.54, 1.807) is 6.20 Å². The Bertz CT molecular complexity index is 802. The molecule has 0 aliphatic heterocycles. The molecule has 2 aromatic carbocycles. The van der Waals surface area contributed by atoms with Gasteiger partial charge in [0.25, 0.3) is 0 Å². The molecule has 0 amide bonds. The number of rotatable bonds is 3. The molecule has 3 rings (SSSR count). The van der Waals surface area contributed by atoms with Crippen molar-refractivity contribution in [1.82, 2.24) is 4.98 Å². The van der Waals surface area contributed by atoms with Crippen molar-refractivity contribution in [2.24, 2.45) is 0 Å². The third kappa shape index (κ3) is 2.89. The molecule has 3 aromatic rings. The van der Waals surface area contributed by atoms with Gasteiger partial charge in [0.05, 0.1) is 5.52 Å². The molecule has 0 saturated heterocycles. The molecule has 106 valence electrons. The first kappa shape index (κ1) is 14.4. The number of benzene rings is 2. The third-order valence-corrected chi connectivity index (χ3v) is 4.73. The molecular weight excluding hydrogens is 348 g/mol. The molecule has 1 heterocycles. The quantitative estimate of drug-likeness (QED) is 0.659. The van der Waals surface area contributed by atoms with Crippen LogP contribution >= 0.6 is 27.5 Å². The second-order valence-electron chi connectivity index (χ2n) is 4.87. The van der Waals surface area contributed by atoms with Crippen LogP contribution in [0, 0.1) is 6.92 Å². The number of nitrogens with one attached hydrogen (secondary N) is 1. The lowest BCUT2D eigenvalue weighted by atomic mass is 10.1. The molecule has 0 unspecified atom stereocenters. The van der Waals surface area contributed by atoms with E-state index in [4.69, 9.17) is 11.6 Å². The zero-order valence-electron chi connectivity index (χ0n) is 11.5. The molecule has 21 heavy (non-hydrogen) atoms. The summed E-state index contributed by atoms with van der Waals surface area (Å²) in [7, 11) is 0. The van der Waals surface area contributed by atoms with E-state index in [0.29, 0.717) is 6.54 Å². The van der Waals surface area contributed by atoms with Crippen molar-refractivity contribution in [3.05, 3.63) is 69.3 Å². The van der Waals surface area contributed by atoms with Crippen molar-refractivity contribution in [2.45, 2.75) is 13.5 Å². The van der Waals surface area contributed by atoms with Crippen LogP contribution in [0.1, 0.15) is 11.1 Å². The zero-order chi connectivity index (χ0) is 14.8. The number of hydrogen-bond donors (Lipinski definition) is 1. The highest BCUT2D eigenvalue weighted by molar-refractivity contribution is 9.10. The minimum Gasteiger partial charge on any atom is -0.381 e. The minimum absolute atomic E-state index is 0.710. The fraction of sp³-hybridized carbons (Fsp3) is 0.118. The third-order valence-electron chi connectivity index (χ3n) is 3.54. The summed E-state index contributed by atoms with van der Waals surface area (Å²) in [4.78, 5) is 4.46. The van der Waals surface area contributed by atoms with Crippen LogP contribution in [0.25, 0.3) is 10.9 Å². The van der Waals surface area contributed by atoms with Gasteiger partial charge in [-0.2, -0.15) is 0 Å². The summed E-state index contributed by atoms with van der Waals surface area (Å²) in [6, 6.07) is 14.0. The average molecular weight is 362 g/mol. The molecule has 1 aromatic heterocycles. The Hall–Kier alpha value is -1.58. The number of pyridine rings is 1. The highest BCUT2D eigenvalue weighted by Gasteiger charge is 2.07. The van der Waals surface area contributed by atoms with E-state index in [-0.39, 0.29) is 0 Å². The Labute approximate surface area is 137 Å². The maximum Gasteiger partial charge on any atom is 0.0766 e. The van der Waals surface area contributed by atoms with Crippen molar-refractivity contribution >= 4 is 44.1 Å². The summed E-state index contributed by atoms with van der Waals surface area (Å²) in [6.45, 7) is 2.80. The van der Waals surface area contributed by atoms with Crippen molar-refractivity contribution in [3.63, 3.8) is 0 Å². The lowest BCUT2D eigenvalue weighted by molar-refractivity contribution is 1.14. The lowest BCUT2D eigenvalue weighted by Gasteiger charge is -2.12. The molecule has 0 saturated carbocycles. The van der Waals surface area contributed by atoms with E-state index >= 15 is 0 Å². The standard InChI is InChI=1S/C17H14BrClN2/c1-11-14(18)5-2-6-16(11)21-10-12-7-8-15(19)13-4-3-9-20-17(12)13/h2-9,21H,10H2,1H3. The number of anilines is 1. The van der Waals surface area contributed by atoms with Crippen LogP contribution in [0.5, 0.6) is 0 Å². The van der Waals surface area contributed by atoms with Gasteiger partial charge in [-0.25, -0.2) is 0 Å². The minimum atomic E-state index is 0.710. The normalized spacial score (nSPS) is 10.8. The van der Waals surface area contributed by atoms with E-state index in [1.807, 2.05) is 36.4 Å². The molecule has 0 fully saturated rings. The van der Waals surface area contributed by atoms with Crippen LogP contribution in [-0.4, -0.2) is 4.98 Å². The summed E-state index contributed by atoms with van der Waals surface area (Å²) in [5, 5.41) is 5.20. The Morgan fingerprint density at radius 1 is 1.14 bits per heavy atom. The first-order valence-electron chi connectivity index (χ1n) is 6.68. The van der Waals surface area contributed by atoms with E-state index in [0.717, 1.165) is 31.6 Å².